The van der Waals surface area contributed by atoms with Crippen molar-refractivity contribution in [1.82, 2.24) is 9.97 Å². The molecule has 120 valence electrons. The Kier molecular flexibility index (Phi) is 4.09. The molecule has 0 atom stereocenters. The van der Waals surface area contributed by atoms with Crippen LogP contribution in [0.5, 0.6) is 0 Å². The zero-order valence-electron chi connectivity index (χ0n) is 13.1. The number of amides is 1. The summed E-state index contributed by atoms with van der Waals surface area (Å²) in [6, 6.07) is 8.11. The van der Waals surface area contributed by atoms with E-state index in [4.69, 9.17) is 0 Å². The first-order chi connectivity index (χ1) is 11.8. The van der Waals surface area contributed by atoms with Crippen molar-refractivity contribution in [2.45, 2.75) is 19.3 Å². The molecule has 4 nitrogen and oxygen atoms in total. The van der Waals surface area contributed by atoms with Crippen LogP contribution in [-0.2, 0) is 4.79 Å². The molecule has 4 rings (SSSR count). The van der Waals surface area contributed by atoms with E-state index in [-0.39, 0.29) is 11.8 Å². The van der Waals surface area contributed by atoms with Gasteiger partial charge in [-0.25, -0.2) is 0 Å². The molecule has 1 amide bonds. The van der Waals surface area contributed by atoms with Gasteiger partial charge in [-0.2, -0.15) is 0 Å². The number of hydrogen-bond donors (Lipinski definition) is 1. The van der Waals surface area contributed by atoms with Gasteiger partial charge in [0.2, 0.25) is 5.91 Å². The van der Waals surface area contributed by atoms with Crippen molar-refractivity contribution in [3.05, 3.63) is 54.4 Å². The van der Waals surface area contributed by atoms with Crippen molar-refractivity contribution < 1.29 is 4.79 Å². The zero-order chi connectivity index (χ0) is 16.4. The molecule has 3 heterocycles. The summed E-state index contributed by atoms with van der Waals surface area (Å²) in [5, 5.41) is 5.10. The van der Waals surface area contributed by atoms with Crippen molar-refractivity contribution >= 4 is 22.9 Å². The van der Waals surface area contributed by atoms with E-state index in [0.717, 1.165) is 46.5 Å². The minimum absolute atomic E-state index is 0.113. The molecule has 0 bridgehead atoms. The number of thiophene rings is 1. The Bertz CT molecular complexity index is 856. The molecule has 5 heteroatoms. The number of hydrogen-bond acceptors (Lipinski definition) is 4. The number of aromatic nitrogens is 2. The largest absolute Gasteiger partial charge is 0.324 e. The smallest absolute Gasteiger partial charge is 0.227 e. The standard InChI is InChI=1S/C19H17N3OS/c23-19(13-3-1-4-13)22-17-7-15(10-21-11-17)18-8-16(12-24-18)14-5-2-6-20-9-14/h2,5-13H,1,3-4H2,(H,22,23). The van der Waals surface area contributed by atoms with Crippen LogP contribution in [0.1, 0.15) is 19.3 Å². The lowest BCUT2D eigenvalue weighted by molar-refractivity contribution is -0.122. The van der Waals surface area contributed by atoms with Crippen molar-refractivity contribution in [3.63, 3.8) is 0 Å². The Hall–Kier alpha value is -2.53. The lowest BCUT2D eigenvalue weighted by atomic mass is 9.85. The van der Waals surface area contributed by atoms with Gasteiger partial charge in [0, 0.05) is 40.5 Å². The highest BCUT2D eigenvalue weighted by atomic mass is 32.1. The topological polar surface area (TPSA) is 54.9 Å². The number of rotatable bonds is 4. The molecule has 0 spiro atoms. The molecule has 0 radical (unpaired) electrons. The summed E-state index contributed by atoms with van der Waals surface area (Å²) in [4.78, 5) is 21.7. The van der Waals surface area contributed by atoms with Gasteiger partial charge in [-0.05, 0) is 42.0 Å². The van der Waals surface area contributed by atoms with Gasteiger partial charge in [0.15, 0.2) is 0 Å². The Balaban J connectivity index is 1.55. The average Bonchev–Trinajstić information content (AvgIpc) is 3.04. The molecular weight excluding hydrogens is 318 g/mol. The lowest BCUT2D eigenvalue weighted by Crippen LogP contribution is -2.28. The SMILES string of the molecule is O=C(Nc1cncc(-c2cc(-c3cccnc3)cs2)c1)C1CCC1. The number of nitrogens with zero attached hydrogens (tertiary/aromatic N) is 2. The quantitative estimate of drug-likeness (QED) is 0.757. The lowest BCUT2D eigenvalue weighted by Gasteiger charge is -2.24. The molecule has 0 aromatic carbocycles. The predicted molar refractivity (Wildman–Crippen MR) is 96.8 cm³/mol. The highest BCUT2D eigenvalue weighted by molar-refractivity contribution is 7.14. The van der Waals surface area contributed by atoms with Crippen LogP contribution in [0, 0.1) is 5.92 Å². The Morgan fingerprint density at radius 2 is 1.96 bits per heavy atom. The second-order valence-electron chi connectivity index (χ2n) is 6.02. The van der Waals surface area contributed by atoms with E-state index < -0.39 is 0 Å². The fraction of sp³-hybridized carbons (Fsp3) is 0.211. The predicted octanol–water partition coefficient (Wildman–Crippen LogP) is 4.61. The van der Waals surface area contributed by atoms with E-state index in [0.29, 0.717) is 0 Å². The normalized spacial score (nSPS) is 14.2. The van der Waals surface area contributed by atoms with Gasteiger partial charge in [0.1, 0.15) is 0 Å². The molecule has 24 heavy (non-hydrogen) atoms. The van der Waals surface area contributed by atoms with Crippen LogP contribution in [0.2, 0.25) is 0 Å². The summed E-state index contributed by atoms with van der Waals surface area (Å²) in [7, 11) is 0. The Labute approximate surface area is 144 Å². The highest BCUT2D eigenvalue weighted by Gasteiger charge is 2.25. The van der Waals surface area contributed by atoms with E-state index in [9.17, 15) is 4.79 Å². The van der Waals surface area contributed by atoms with Crippen LogP contribution in [0.15, 0.2) is 54.4 Å². The van der Waals surface area contributed by atoms with Gasteiger partial charge >= 0.3 is 0 Å². The second kappa shape index (κ2) is 6.53. The van der Waals surface area contributed by atoms with Gasteiger partial charge in [0.25, 0.3) is 0 Å². The molecule has 0 aliphatic heterocycles. The zero-order valence-corrected chi connectivity index (χ0v) is 13.9. The maximum absolute atomic E-state index is 12.1. The first-order valence-electron chi connectivity index (χ1n) is 8.05. The monoisotopic (exact) mass is 335 g/mol. The summed E-state index contributed by atoms with van der Waals surface area (Å²) in [6.07, 6.45) is 10.3. The van der Waals surface area contributed by atoms with Gasteiger partial charge in [0.05, 0.1) is 11.9 Å². The number of pyridine rings is 2. The fourth-order valence-corrected chi connectivity index (χ4v) is 3.63. The summed E-state index contributed by atoms with van der Waals surface area (Å²) < 4.78 is 0. The van der Waals surface area contributed by atoms with Crippen LogP contribution in [-0.4, -0.2) is 15.9 Å². The summed E-state index contributed by atoms with van der Waals surface area (Å²) in [5.41, 5.74) is 4.02. The molecule has 0 unspecified atom stereocenters. The molecular formula is C19H17N3OS. The molecule has 1 aliphatic carbocycles. The number of carbonyl (C=O) groups is 1. The first kappa shape index (κ1) is 15.0. The maximum atomic E-state index is 12.1. The van der Waals surface area contributed by atoms with Crippen molar-refractivity contribution in [3.8, 4) is 21.6 Å². The van der Waals surface area contributed by atoms with Crippen LogP contribution >= 0.6 is 11.3 Å². The minimum Gasteiger partial charge on any atom is -0.324 e. The summed E-state index contributed by atoms with van der Waals surface area (Å²) >= 11 is 1.67. The highest BCUT2D eigenvalue weighted by Crippen LogP contribution is 2.33. The number of carbonyl (C=O) groups excluding carboxylic acids is 1. The Morgan fingerprint density at radius 3 is 2.71 bits per heavy atom. The van der Waals surface area contributed by atoms with Crippen LogP contribution < -0.4 is 5.32 Å². The minimum atomic E-state index is 0.113. The van der Waals surface area contributed by atoms with Crippen LogP contribution in [0.25, 0.3) is 21.6 Å². The van der Waals surface area contributed by atoms with E-state index in [1.807, 2.05) is 30.6 Å². The molecule has 1 saturated carbocycles. The maximum Gasteiger partial charge on any atom is 0.227 e. The summed E-state index contributed by atoms with van der Waals surface area (Å²) in [5.74, 6) is 0.287. The molecule has 1 fully saturated rings. The van der Waals surface area contributed by atoms with Crippen molar-refractivity contribution in [2.75, 3.05) is 5.32 Å². The van der Waals surface area contributed by atoms with Gasteiger partial charge < -0.3 is 5.32 Å². The third kappa shape index (κ3) is 3.08. The van der Waals surface area contributed by atoms with Crippen molar-refractivity contribution in [2.24, 2.45) is 5.92 Å². The second-order valence-corrected chi connectivity index (χ2v) is 6.93. The molecule has 0 saturated heterocycles. The van der Waals surface area contributed by atoms with Gasteiger partial charge in [-0.1, -0.05) is 12.5 Å². The molecule has 1 aliphatic rings. The number of anilines is 1. The van der Waals surface area contributed by atoms with Crippen LogP contribution in [0.3, 0.4) is 0 Å². The van der Waals surface area contributed by atoms with Crippen LogP contribution in [0.4, 0.5) is 5.69 Å². The van der Waals surface area contributed by atoms with E-state index in [1.54, 1.807) is 23.7 Å². The van der Waals surface area contributed by atoms with E-state index >= 15 is 0 Å². The molecule has 3 aromatic heterocycles. The molecule has 1 N–H and O–H groups in total. The Morgan fingerprint density at radius 1 is 1.08 bits per heavy atom. The third-order valence-corrected chi connectivity index (χ3v) is 5.34. The molecule has 3 aromatic rings. The van der Waals surface area contributed by atoms with Gasteiger partial charge in [-0.3, -0.25) is 14.8 Å². The van der Waals surface area contributed by atoms with Crippen molar-refractivity contribution in [1.29, 1.82) is 0 Å². The van der Waals surface area contributed by atoms with Gasteiger partial charge in [-0.15, -0.1) is 11.3 Å². The van der Waals surface area contributed by atoms with E-state index in [2.05, 4.69) is 26.7 Å². The number of nitrogens with one attached hydrogen (secondary N) is 1. The van der Waals surface area contributed by atoms with E-state index in [1.165, 1.54) is 0 Å². The average molecular weight is 335 g/mol. The summed E-state index contributed by atoms with van der Waals surface area (Å²) in [6.45, 7) is 0. The fourth-order valence-electron chi connectivity index (χ4n) is 2.73. The third-order valence-electron chi connectivity index (χ3n) is 4.36. The first-order valence-corrected chi connectivity index (χ1v) is 8.93.